The fourth-order valence-corrected chi connectivity index (χ4v) is 9.33. The molecule has 0 N–H and O–H groups in total. The lowest BCUT2D eigenvalue weighted by Crippen LogP contribution is -2.40. The Morgan fingerprint density at radius 3 is 2.63 bits per heavy atom. The van der Waals surface area contributed by atoms with Gasteiger partial charge >= 0.3 is 0 Å². The van der Waals surface area contributed by atoms with Crippen LogP contribution in [0.15, 0.2) is 84.5 Å². The predicted octanol–water partition coefficient (Wildman–Crippen LogP) is 9.47. The number of thiol groups is 1. The van der Waals surface area contributed by atoms with E-state index in [-0.39, 0.29) is 10.8 Å². The molecule has 1 aromatic heterocycles. The summed E-state index contributed by atoms with van der Waals surface area (Å²) < 4.78 is 1.47. The topological polar surface area (TPSA) is 0 Å². The number of hydrogen-bond donors (Lipinski definition) is 1. The van der Waals surface area contributed by atoms with Crippen molar-refractivity contribution in [2.75, 3.05) is 0 Å². The Morgan fingerprint density at radius 2 is 1.83 bits per heavy atom. The van der Waals surface area contributed by atoms with E-state index < -0.39 is 0 Å². The Morgan fingerprint density at radius 1 is 1.00 bits per heavy atom. The van der Waals surface area contributed by atoms with Crippen LogP contribution in [0.4, 0.5) is 0 Å². The van der Waals surface area contributed by atoms with Crippen molar-refractivity contribution in [3.8, 4) is 0 Å². The molecule has 0 spiro atoms. The summed E-state index contributed by atoms with van der Waals surface area (Å²) in [7, 11) is 0. The van der Waals surface area contributed by atoms with Crippen molar-refractivity contribution in [1.82, 2.24) is 0 Å². The van der Waals surface area contributed by atoms with Gasteiger partial charge in [-0.3, -0.25) is 0 Å². The molecule has 1 heterocycles. The third-order valence-electron chi connectivity index (χ3n) is 9.90. The normalized spacial score (nSPS) is 38.5. The predicted molar refractivity (Wildman–Crippen MR) is 157 cm³/mol. The monoisotopic (exact) mass is 498 g/mol. The molecule has 6 rings (SSSR count). The van der Waals surface area contributed by atoms with E-state index in [4.69, 9.17) is 12.6 Å². The summed E-state index contributed by atoms with van der Waals surface area (Å²) in [5.74, 6) is 2.21. The minimum absolute atomic E-state index is 0.176. The quantitative estimate of drug-likeness (QED) is 0.316. The maximum atomic E-state index is 4.91. The lowest BCUT2D eigenvalue weighted by atomic mass is 9.57. The van der Waals surface area contributed by atoms with Crippen LogP contribution in [0, 0.1) is 28.6 Å². The highest BCUT2D eigenvalue weighted by atomic mass is 32.1. The fourth-order valence-electron chi connectivity index (χ4n) is 7.39. The van der Waals surface area contributed by atoms with Gasteiger partial charge in [0, 0.05) is 20.7 Å². The van der Waals surface area contributed by atoms with E-state index in [0.29, 0.717) is 28.9 Å². The van der Waals surface area contributed by atoms with Crippen LogP contribution in [-0.2, 0) is 6.42 Å². The lowest BCUT2D eigenvalue weighted by molar-refractivity contribution is 0.164. The van der Waals surface area contributed by atoms with Crippen LogP contribution in [0.25, 0.3) is 10.1 Å². The summed E-state index contributed by atoms with van der Waals surface area (Å²) in [5.41, 5.74) is 3.57. The van der Waals surface area contributed by atoms with E-state index in [1.807, 2.05) is 0 Å². The minimum Gasteiger partial charge on any atom is -0.171 e. The molecule has 4 aliphatic rings. The molecular formula is C33H38S2. The van der Waals surface area contributed by atoms with E-state index >= 15 is 0 Å². The maximum absolute atomic E-state index is 4.91. The molecule has 2 aromatic rings. The van der Waals surface area contributed by atoms with Gasteiger partial charge in [-0.1, -0.05) is 93.7 Å². The van der Waals surface area contributed by atoms with Crippen LogP contribution < -0.4 is 0 Å². The Bertz CT molecular complexity index is 1270. The van der Waals surface area contributed by atoms with Gasteiger partial charge in [-0.25, -0.2) is 0 Å². The molecule has 0 saturated heterocycles. The number of benzene rings is 1. The highest BCUT2D eigenvalue weighted by Crippen LogP contribution is 2.56. The second-order valence-electron chi connectivity index (χ2n) is 11.8. The van der Waals surface area contributed by atoms with Crippen molar-refractivity contribution in [3.63, 3.8) is 0 Å². The van der Waals surface area contributed by atoms with Gasteiger partial charge in [-0.2, -0.15) is 12.6 Å². The summed E-state index contributed by atoms with van der Waals surface area (Å²) >= 11 is 6.98. The molecule has 35 heavy (non-hydrogen) atoms. The molecule has 4 aliphatic carbocycles. The third kappa shape index (κ3) is 3.87. The molecular weight excluding hydrogens is 460 g/mol. The first-order valence-electron chi connectivity index (χ1n) is 13.5. The van der Waals surface area contributed by atoms with Crippen molar-refractivity contribution < 1.29 is 0 Å². The van der Waals surface area contributed by atoms with Crippen LogP contribution in [-0.4, -0.2) is 5.25 Å². The van der Waals surface area contributed by atoms with Crippen molar-refractivity contribution in [2.45, 2.75) is 64.0 Å². The average molecular weight is 499 g/mol. The molecule has 182 valence electrons. The molecule has 0 amide bonds. The van der Waals surface area contributed by atoms with Crippen LogP contribution in [0.2, 0.25) is 0 Å². The lowest BCUT2D eigenvalue weighted by Gasteiger charge is -2.47. The van der Waals surface area contributed by atoms with E-state index in [9.17, 15) is 0 Å². The van der Waals surface area contributed by atoms with Gasteiger partial charge in [-0.15, -0.1) is 11.3 Å². The Labute approximate surface area is 221 Å². The molecule has 0 radical (unpaired) electrons. The summed E-state index contributed by atoms with van der Waals surface area (Å²) in [6, 6.07) is 9.05. The van der Waals surface area contributed by atoms with Gasteiger partial charge in [0.2, 0.25) is 0 Å². The summed E-state index contributed by atoms with van der Waals surface area (Å²) in [6.07, 6.45) is 27.8. The fraction of sp³-hybridized carbons (Fsp3) is 0.455. The number of rotatable bonds is 3. The zero-order valence-electron chi connectivity index (χ0n) is 21.3. The van der Waals surface area contributed by atoms with Crippen molar-refractivity contribution >= 4 is 34.1 Å². The minimum atomic E-state index is 0.176. The van der Waals surface area contributed by atoms with E-state index in [1.54, 1.807) is 16.0 Å². The van der Waals surface area contributed by atoms with Crippen LogP contribution in [0.1, 0.15) is 62.8 Å². The standard InChI is InChI=1S/C33H38S2/c1-22-24(25-10-4-6-15-29(25)34)13-9-19-33(22,3)23-17-20-32(2,21-18-23)28-14-8-12-27-26-11-5-7-16-30(26)35-31(27)28/h4-7,9-11,13,15-18,20,22,24-25,28-29,34H,8,12,14,19,21H2,1-3H3/t22?,24?,25?,28?,29?,32?,33-/m1/s1. The van der Waals surface area contributed by atoms with Crippen molar-refractivity contribution in [1.29, 1.82) is 0 Å². The third-order valence-corrected chi connectivity index (χ3v) is 11.7. The molecule has 0 nitrogen and oxygen atoms in total. The van der Waals surface area contributed by atoms with Crippen LogP contribution in [0.5, 0.6) is 0 Å². The molecule has 0 aliphatic heterocycles. The Balaban J connectivity index is 1.27. The highest BCUT2D eigenvalue weighted by Gasteiger charge is 2.45. The molecule has 0 fully saturated rings. The zero-order chi connectivity index (χ0) is 24.2. The molecule has 0 saturated carbocycles. The average Bonchev–Trinajstić information content (AvgIpc) is 3.25. The molecule has 0 bridgehead atoms. The van der Waals surface area contributed by atoms with Gasteiger partial charge in [-0.05, 0) is 83.3 Å². The van der Waals surface area contributed by atoms with Gasteiger partial charge in [0.25, 0.3) is 0 Å². The summed E-state index contributed by atoms with van der Waals surface area (Å²) in [4.78, 5) is 1.67. The molecule has 6 unspecified atom stereocenters. The first-order valence-corrected chi connectivity index (χ1v) is 14.8. The van der Waals surface area contributed by atoms with Crippen molar-refractivity contribution in [3.05, 3.63) is 95.0 Å². The number of allylic oxidation sites excluding steroid dienone is 9. The first kappa shape index (κ1) is 23.6. The van der Waals surface area contributed by atoms with Gasteiger partial charge in [0.1, 0.15) is 0 Å². The highest BCUT2D eigenvalue weighted by molar-refractivity contribution is 7.81. The Hall–Kier alpha value is -1.77. The second kappa shape index (κ2) is 8.96. The SMILES string of the molecule is CC1C(C2C=CC=CC2S)C=CC[C@@]1(C)C1=CCC(C)(C2CCCc3c2sc2ccccc32)C=C1. The largest absolute Gasteiger partial charge is 0.171 e. The van der Waals surface area contributed by atoms with E-state index in [0.717, 1.165) is 12.8 Å². The van der Waals surface area contributed by atoms with E-state index in [1.165, 1.54) is 29.3 Å². The number of thiophene rings is 1. The number of hydrogen-bond acceptors (Lipinski definition) is 2. The van der Waals surface area contributed by atoms with Crippen molar-refractivity contribution in [2.24, 2.45) is 28.6 Å². The molecule has 1 aromatic carbocycles. The Kier molecular flexibility index (Phi) is 6.05. The molecule has 7 atom stereocenters. The first-order chi connectivity index (χ1) is 16.9. The zero-order valence-corrected chi connectivity index (χ0v) is 23.0. The van der Waals surface area contributed by atoms with E-state index in [2.05, 4.69) is 111 Å². The maximum Gasteiger partial charge on any atom is 0.0348 e. The number of fused-ring (bicyclic) bond motifs is 3. The summed E-state index contributed by atoms with van der Waals surface area (Å²) in [6.45, 7) is 7.50. The van der Waals surface area contributed by atoms with Crippen LogP contribution in [0.3, 0.4) is 0 Å². The second-order valence-corrected chi connectivity index (χ2v) is 13.5. The van der Waals surface area contributed by atoms with Gasteiger partial charge < -0.3 is 0 Å². The number of aryl methyl sites for hydroxylation is 1. The summed E-state index contributed by atoms with van der Waals surface area (Å²) in [5, 5.41) is 1.81. The van der Waals surface area contributed by atoms with Gasteiger partial charge in [0.15, 0.2) is 0 Å². The van der Waals surface area contributed by atoms with Gasteiger partial charge in [0.05, 0.1) is 0 Å². The smallest absolute Gasteiger partial charge is 0.0348 e. The van der Waals surface area contributed by atoms with Crippen LogP contribution >= 0.6 is 24.0 Å². The molecule has 2 heteroatoms.